The maximum atomic E-state index is 11.9. The second-order valence-corrected chi connectivity index (χ2v) is 6.12. The lowest BCUT2D eigenvalue weighted by molar-refractivity contribution is -0.129. The molecule has 0 radical (unpaired) electrons. The van der Waals surface area contributed by atoms with Crippen molar-refractivity contribution in [1.29, 1.82) is 0 Å². The van der Waals surface area contributed by atoms with Gasteiger partial charge in [-0.1, -0.05) is 0 Å². The van der Waals surface area contributed by atoms with Gasteiger partial charge in [0.2, 0.25) is 5.91 Å². The van der Waals surface area contributed by atoms with E-state index >= 15 is 0 Å². The molecule has 1 aliphatic heterocycles. The summed E-state index contributed by atoms with van der Waals surface area (Å²) in [6.07, 6.45) is 6.30. The third-order valence-corrected chi connectivity index (χ3v) is 4.07. The molecule has 1 N–H and O–H groups in total. The van der Waals surface area contributed by atoms with Crippen molar-refractivity contribution >= 4 is 5.91 Å². The van der Waals surface area contributed by atoms with Crippen molar-refractivity contribution in [2.24, 2.45) is 0 Å². The van der Waals surface area contributed by atoms with Crippen molar-refractivity contribution in [3.63, 3.8) is 0 Å². The number of rotatable bonds is 6. The van der Waals surface area contributed by atoms with Gasteiger partial charge in [0.15, 0.2) is 0 Å². The number of ether oxygens (including phenoxy) is 1. The number of likely N-dealkylation sites (N-methyl/N-ethyl adjacent to an activating group) is 1. The third kappa shape index (κ3) is 3.98. The Hall–Kier alpha value is -2.25. The van der Waals surface area contributed by atoms with Gasteiger partial charge < -0.3 is 15.0 Å². The molecular weight excluding hydrogens is 306 g/mol. The van der Waals surface area contributed by atoms with Crippen molar-refractivity contribution in [3.05, 3.63) is 47.5 Å². The topological polar surface area (TPSA) is 72.3 Å². The van der Waals surface area contributed by atoms with Crippen LogP contribution in [0.2, 0.25) is 0 Å². The van der Waals surface area contributed by atoms with E-state index in [0.717, 1.165) is 18.7 Å². The number of hydrogen-bond acceptors (Lipinski definition) is 5. The molecule has 0 aliphatic carbocycles. The second kappa shape index (κ2) is 7.55. The van der Waals surface area contributed by atoms with Crippen LogP contribution in [0, 0.1) is 0 Å². The summed E-state index contributed by atoms with van der Waals surface area (Å²) in [6, 6.07) is 3.98. The summed E-state index contributed by atoms with van der Waals surface area (Å²) in [6.45, 7) is 2.39. The lowest BCUT2D eigenvalue weighted by Gasteiger charge is -2.22. The Kier molecular flexibility index (Phi) is 5.22. The van der Waals surface area contributed by atoms with E-state index in [1.54, 1.807) is 36.1 Å². The van der Waals surface area contributed by atoms with E-state index in [4.69, 9.17) is 4.74 Å². The van der Waals surface area contributed by atoms with E-state index in [2.05, 4.69) is 15.4 Å². The maximum absolute atomic E-state index is 11.9. The second-order valence-electron chi connectivity index (χ2n) is 6.12. The molecule has 3 rings (SSSR count). The van der Waals surface area contributed by atoms with Crippen LogP contribution in [0.1, 0.15) is 22.9 Å². The summed E-state index contributed by atoms with van der Waals surface area (Å²) in [4.78, 5) is 17.4. The highest BCUT2D eigenvalue weighted by molar-refractivity contribution is 5.75. The summed E-state index contributed by atoms with van der Waals surface area (Å²) in [5.41, 5.74) is 3.29. The molecule has 1 aliphatic rings. The molecule has 0 spiro atoms. The van der Waals surface area contributed by atoms with Gasteiger partial charge in [-0.25, -0.2) is 0 Å². The van der Waals surface area contributed by atoms with Crippen LogP contribution in [0.5, 0.6) is 0 Å². The quantitative estimate of drug-likeness (QED) is 0.847. The normalized spacial score (nSPS) is 16.7. The minimum atomic E-state index is -0.0775. The Bertz CT molecular complexity index is 684. The zero-order valence-corrected chi connectivity index (χ0v) is 14.1. The molecule has 3 heterocycles. The van der Waals surface area contributed by atoms with E-state index in [9.17, 15) is 4.79 Å². The van der Waals surface area contributed by atoms with Gasteiger partial charge in [-0.3, -0.25) is 14.5 Å². The minimum absolute atomic E-state index is 0.0307. The summed E-state index contributed by atoms with van der Waals surface area (Å²) in [5, 5.41) is 7.98. The van der Waals surface area contributed by atoms with Crippen LogP contribution < -0.4 is 5.32 Å². The summed E-state index contributed by atoms with van der Waals surface area (Å²) >= 11 is 0. The minimum Gasteiger partial charge on any atom is -0.370 e. The van der Waals surface area contributed by atoms with Crippen LogP contribution in [0.4, 0.5) is 0 Å². The molecule has 2 aromatic heterocycles. The first kappa shape index (κ1) is 16.6. The van der Waals surface area contributed by atoms with Crippen molar-refractivity contribution in [3.8, 4) is 0 Å². The van der Waals surface area contributed by atoms with Gasteiger partial charge >= 0.3 is 0 Å². The average molecular weight is 329 g/mol. The smallest absolute Gasteiger partial charge is 0.243 e. The number of hydrogen-bond donors (Lipinski definition) is 1. The van der Waals surface area contributed by atoms with Crippen molar-refractivity contribution in [2.75, 3.05) is 27.2 Å². The van der Waals surface area contributed by atoms with Gasteiger partial charge in [-0.15, -0.1) is 0 Å². The third-order valence-electron chi connectivity index (χ3n) is 4.07. The molecule has 1 unspecified atom stereocenters. The molecule has 2 aromatic rings. The number of nitrogens with one attached hydrogen (secondary N) is 1. The van der Waals surface area contributed by atoms with Gasteiger partial charge in [-0.05, 0) is 29.7 Å². The highest BCUT2D eigenvalue weighted by Crippen LogP contribution is 2.25. The average Bonchev–Trinajstić information content (AvgIpc) is 2.99. The molecule has 0 saturated carbocycles. The van der Waals surface area contributed by atoms with Gasteiger partial charge in [0.1, 0.15) is 12.6 Å². The number of aromatic nitrogens is 3. The lowest BCUT2D eigenvalue weighted by Crippen LogP contribution is -2.28. The van der Waals surface area contributed by atoms with Gasteiger partial charge in [-0.2, -0.15) is 5.10 Å². The van der Waals surface area contributed by atoms with Crippen molar-refractivity contribution < 1.29 is 9.53 Å². The molecule has 128 valence electrons. The molecule has 24 heavy (non-hydrogen) atoms. The molecule has 7 heteroatoms. The number of carbonyl (C=O) groups excluding carboxylic acids is 1. The Morgan fingerprint density at radius 2 is 2.21 bits per heavy atom. The Balaban J connectivity index is 1.61. The fourth-order valence-electron chi connectivity index (χ4n) is 2.70. The van der Waals surface area contributed by atoms with Crippen LogP contribution in [0.3, 0.4) is 0 Å². The summed E-state index contributed by atoms with van der Waals surface area (Å²) in [7, 11) is 3.50. The highest BCUT2D eigenvalue weighted by Gasteiger charge is 2.25. The van der Waals surface area contributed by atoms with Gasteiger partial charge in [0.25, 0.3) is 0 Å². The van der Waals surface area contributed by atoms with Crippen LogP contribution in [-0.4, -0.2) is 52.8 Å². The standard InChI is InChI=1S/C17H23N5O2/c1-21(2)16(23)12-22-11-14-5-8-24-15(17(14)20-22)10-19-9-13-3-6-18-7-4-13/h3-4,6-7,11,15,19H,5,8-10,12H2,1-2H3. The fourth-order valence-corrected chi connectivity index (χ4v) is 2.70. The van der Waals surface area contributed by atoms with E-state index in [0.29, 0.717) is 13.2 Å². The maximum Gasteiger partial charge on any atom is 0.243 e. The number of nitrogens with zero attached hydrogens (tertiary/aromatic N) is 4. The molecule has 0 fully saturated rings. The van der Waals surface area contributed by atoms with E-state index < -0.39 is 0 Å². The molecule has 1 amide bonds. The number of pyridine rings is 1. The zero-order valence-electron chi connectivity index (χ0n) is 14.1. The van der Waals surface area contributed by atoms with Crippen molar-refractivity contribution in [1.82, 2.24) is 25.0 Å². The summed E-state index contributed by atoms with van der Waals surface area (Å²) in [5.74, 6) is 0.0307. The lowest BCUT2D eigenvalue weighted by atomic mass is 10.1. The van der Waals surface area contributed by atoms with Crippen LogP contribution in [-0.2, 0) is 29.0 Å². The van der Waals surface area contributed by atoms with Gasteiger partial charge in [0, 0.05) is 45.8 Å². The first-order valence-electron chi connectivity index (χ1n) is 8.11. The van der Waals surface area contributed by atoms with E-state index in [1.165, 1.54) is 11.1 Å². The van der Waals surface area contributed by atoms with E-state index in [-0.39, 0.29) is 18.6 Å². The Labute approximate surface area is 141 Å². The highest BCUT2D eigenvalue weighted by atomic mass is 16.5. The number of amides is 1. The molecule has 0 aromatic carbocycles. The predicted octanol–water partition coefficient (Wildman–Crippen LogP) is 0.770. The van der Waals surface area contributed by atoms with Crippen molar-refractivity contribution in [2.45, 2.75) is 25.6 Å². The summed E-state index contributed by atoms with van der Waals surface area (Å²) < 4.78 is 7.58. The fraction of sp³-hybridized carbons (Fsp3) is 0.471. The van der Waals surface area contributed by atoms with Crippen LogP contribution in [0.25, 0.3) is 0 Å². The molecule has 7 nitrogen and oxygen atoms in total. The Morgan fingerprint density at radius 1 is 1.42 bits per heavy atom. The molecule has 0 saturated heterocycles. The molecular formula is C17H23N5O2. The van der Waals surface area contributed by atoms with Crippen LogP contribution in [0.15, 0.2) is 30.7 Å². The molecule has 0 bridgehead atoms. The monoisotopic (exact) mass is 329 g/mol. The first-order valence-corrected chi connectivity index (χ1v) is 8.11. The Morgan fingerprint density at radius 3 is 2.96 bits per heavy atom. The number of carbonyl (C=O) groups is 1. The van der Waals surface area contributed by atoms with Crippen LogP contribution >= 0.6 is 0 Å². The predicted molar refractivity (Wildman–Crippen MR) is 89.3 cm³/mol. The van der Waals surface area contributed by atoms with Gasteiger partial charge in [0.05, 0.1) is 12.3 Å². The molecule has 1 atom stereocenters. The first-order chi connectivity index (χ1) is 11.6. The zero-order chi connectivity index (χ0) is 16.9. The largest absolute Gasteiger partial charge is 0.370 e. The number of fused-ring (bicyclic) bond motifs is 1. The SMILES string of the molecule is CN(C)C(=O)Cn1cc2c(n1)C(CNCc1ccncc1)OCC2. The van der Waals surface area contributed by atoms with E-state index in [1.807, 2.05) is 18.3 Å².